The molecule has 2 unspecified atom stereocenters. The van der Waals surface area contributed by atoms with Gasteiger partial charge in [0, 0.05) is 7.11 Å². The van der Waals surface area contributed by atoms with Gasteiger partial charge in [0.05, 0.1) is 12.2 Å². The van der Waals surface area contributed by atoms with Gasteiger partial charge in [-0.05, 0) is 19.8 Å². The first-order valence-corrected chi connectivity index (χ1v) is 4.08. The smallest absolute Gasteiger partial charge is 0.0833 e. The molecule has 0 radical (unpaired) electrons. The number of methoxy groups -OCH3 is 1. The zero-order chi connectivity index (χ0) is 8.69. The zero-order valence-corrected chi connectivity index (χ0v) is 7.58. The molecule has 0 bridgehead atoms. The molecule has 0 saturated heterocycles. The number of aliphatic hydroxyl groups excluding tert-OH is 1. The number of ether oxygens (including phenoxy) is 1. The fourth-order valence-electron chi connectivity index (χ4n) is 0.751. The minimum absolute atomic E-state index is 0.0727. The van der Waals surface area contributed by atoms with Crippen molar-refractivity contribution >= 4 is 0 Å². The van der Waals surface area contributed by atoms with E-state index in [9.17, 15) is 5.11 Å². The second-order valence-corrected chi connectivity index (χ2v) is 2.62. The van der Waals surface area contributed by atoms with Gasteiger partial charge in [-0.3, -0.25) is 0 Å². The summed E-state index contributed by atoms with van der Waals surface area (Å²) < 4.78 is 4.96. The molecule has 0 aliphatic rings. The summed E-state index contributed by atoms with van der Waals surface area (Å²) in [4.78, 5) is 0. The molecular formula is C9H18O2. The summed E-state index contributed by atoms with van der Waals surface area (Å²) in [6, 6.07) is 0. The van der Waals surface area contributed by atoms with Crippen LogP contribution in [0.15, 0.2) is 12.2 Å². The normalized spacial score (nSPS) is 17.1. The maximum Gasteiger partial charge on any atom is 0.0833 e. The summed E-state index contributed by atoms with van der Waals surface area (Å²) in [5.41, 5.74) is 0. The van der Waals surface area contributed by atoms with Crippen molar-refractivity contribution in [3.8, 4) is 0 Å². The van der Waals surface area contributed by atoms with Crippen molar-refractivity contribution in [1.82, 2.24) is 0 Å². The molecule has 2 atom stereocenters. The molecule has 1 N–H and O–H groups in total. The minimum atomic E-state index is -0.372. The predicted molar refractivity (Wildman–Crippen MR) is 46.5 cm³/mol. The lowest BCUT2D eigenvalue weighted by Crippen LogP contribution is -2.23. The van der Waals surface area contributed by atoms with Gasteiger partial charge in [0.25, 0.3) is 0 Å². The van der Waals surface area contributed by atoms with E-state index in [0.717, 1.165) is 6.42 Å². The highest BCUT2D eigenvalue weighted by Crippen LogP contribution is 2.02. The molecule has 0 spiro atoms. The molecular weight excluding hydrogens is 140 g/mol. The van der Waals surface area contributed by atoms with Crippen LogP contribution in [0.25, 0.3) is 0 Å². The first-order chi connectivity index (χ1) is 5.22. The summed E-state index contributed by atoms with van der Waals surface area (Å²) in [6.45, 7) is 3.94. The van der Waals surface area contributed by atoms with Crippen molar-refractivity contribution in [2.45, 2.75) is 38.9 Å². The molecule has 0 aliphatic heterocycles. The maximum absolute atomic E-state index is 9.37. The third kappa shape index (κ3) is 4.99. The van der Waals surface area contributed by atoms with E-state index in [1.165, 1.54) is 0 Å². The Balaban J connectivity index is 3.50. The van der Waals surface area contributed by atoms with E-state index in [1.807, 2.05) is 19.1 Å². The number of hydrogen-bond donors (Lipinski definition) is 1. The van der Waals surface area contributed by atoms with Crippen molar-refractivity contribution in [1.29, 1.82) is 0 Å². The third-order valence-corrected chi connectivity index (χ3v) is 1.69. The SMILES string of the molecule is CCC=CCC(O)C(C)OC. The van der Waals surface area contributed by atoms with Gasteiger partial charge >= 0.3 is 0 Å². The standard InChI is InChI=1S/C9H18O2/c1-4-5-6-7-9(10)8(2)11-3/h5-6,8-10H,4,7H2,1-3H3. The first-order valence-electron chi connectivity index (χ1n) is 4.08. The van der Waals surface area contributed by atoms with Crippen LogP contribution in [0.5, 0.6) is 0 Å². The largest absolute Gasteiger partial charge is 0.390 e. The van der Waals surface area contributed by atoms with Crippen LogP contribution in [0.1, 0.15) is 26.7 Å². The van der Waals surface area contributed by atoms with Crippen LogP contribution >= 0.6 is 0 Å². The molecule has 2 nitrogen and oxygen atoms in total. The van der Waals surface area contributed by atoms with Crippen molar-refractivity contribution in [2.75, 3.05) is 7.11 Å². The van der Waals surface area contributed by atoms with Gasteiger partial charge in [0.15, 0.2) is 0 Å². The molecule has 2 heteroatoms. The van der Waals surface area contributed by atoms with Crippen LogP contribution < -0.4 is 0 Å². The van der Waals surface area contributed by atoms with Crippen molar-refractivity contribution in [2.24, 2.45) is 0 Å². The van der Waals surface area contributed by atoms with Crippen LogP contribution in [-0.2, 0) is 4.74 Å². The molecule has 0 rings (SSSR count). The highest BCUT2D eigenvalue weighted by molar-refractivity contribution is 4.84. The Morgan fingerprint density at radius 2 is 2.09 bits per heavy atom. The lowest BCUT2D eigenvalue weighted by molar-refractivity contribution is 0.00173. The van der Waals surface area contributed by atoms with Gasteiger partial charge < -0.3 is 9.84 Å². The van der Waals surface area contributed by atoms with Crippen LogP contribution in [-0.4, -0.2) is 24.4 Å². The van der Waals surface area contributed by atoms with E-state index in [0.29, 0.717) is 6.42 Å². The summed E-state index contributed by atoms with van der Waals surface area (Å²) in [6.07, 6.45) is 5.29. The Kier molecular flexibility index (Phi) is 6.18. The van der Waals surface area contributed by atoms with Crippen molar-refractivity contribution in [3.63, 3.8) is 0 Å². The van der Waals surface area contributed by atoms with Crippen LogP contribution in [0.2, 0.25) is 0 Å². The topological polar surface area (TPSA) is 29.5 Å². The van der Waals surface area contributed by atoms with Crippen molar-refractivity contribution < 1.29 is 9.84 Å². The first kappa shape index (κ1) is 10.7. The highest BCUT2D eigenvalue weighted by Gasteiger charge is 2.10. The molecule has 0 aliphatic carbocycles. The van der Waals surface area contributed by atoms with Gasteiger partial charge in [-0.2, -0.15) is 0 Å². The number of rotatable bonds is 5. The molecule has 0 aromatic rings. The second-order valence-electron chi connectivity index (χ2n) is 2.62. The summed E-state index contributed by atoms with van der Waals surface area (Å²) in [5.74, 6) is 0. The van der Waals surface area contributed by atoms with E-state index in [4.69, 9.17) is 4.74 Å². The van der Waals surface area contributed by atoms with Gasteiger partial charge in [0.1, 0.15) is 0 Å². The average molecular weight is 158 g/mol. The summed E-state index contributed by atoms with van der Waals surface area (Å²) in [7, 11) is 1.61. The van der Waals surface area contributed by atoms with E-state index >= 15 is 0 Å². The number of aliphatic hydroxyl groups is 1. The predicted octanol–water partition coefficient (Wildman–Crippen LogP) is 1.74. The van der Waals surface area contributed by atoms with E-state index in [1.54, 1.807) is 7.11 Å². The fourth-order valence-corrected chi connectivity index (χ4v) is 0.751. The third-order valence-electron chi connectivity index (χ3n) is 1.69. The number of allylic oxidation sites excluding steroid dienone is 1. The van der Waals surface area contributed by atoms with E-state index in [-0.39, 0.29) is 12.2 Å². The Hall–Kier alpha value is -0.340. The Morgan fingerprint density at radius 1 is 1.45 bits per heavy atom. The van der Waals surface area contributed by atoms with Gasteiger partial charge in [-0.15, -0.1) is 0 Å². The molecule has 0 aromatic heterocycles. The van der Waals surface area contributed by atoms with Crippen LogP contribution in [0.3, 0.4) is 0 Å². The molecule has 0 fully saturated rings. The van der Waals surface area contributed by atoms with Crippen LogP contribution in [0, 0.1) is 0 Å². The molecule has 11 heavy (non-hydrogen) atoms. The summed E-state index contributed by atoms with van der Waals surface area (Å²) in [5, 5.41) is 9.37. The van der Waals surface area contributed by atoms with Gasteiger partial charge in [-0.1, -0.05) is 19.1 Å². The minimum Gasteiger partial charge on any atom is -0.390 e. The molecule has 66 valence electrons. The Bertz CT molecular complexity index is 110. The lowest BCUT2D eigenvalue weighted by Gasteiger charge is -2.14. The van der Waals surface area contributed by atoms with Crippen molar-refractivity contribution in [3.05, 3.63) is 12.2 Å². The van der Waals surface area contributed by atoms with Gasteiger partial charge in [0.2, 0.25) is 0 Å². The Morgan fingerprint density at radius 3 is 2.55 bits per heavy atom. The number of hydrogen-bond acceptors (Lipinski definition) is 2. The average Bonchev–Trinajstić information content (AvgIpc) is 2.03. The molecule has 0 amide bonds. The molecule has 0 saturated carbocycles. The fraction of sp³-hybridized carbons (Fsp3) is 0.778. The quantitative estimate of drug-likeness (QED) is 0.617. The van der Waals surface area contributed by atoms with Crippen LogP contribution in [0.4, 0.5) is 0 Å². The monoisotopic (exact) mass is 158 g/mol. The molecule has 0 heterocycles. The Labute approximate surface area is 68.9 Å². The van der Waals surface area contributed by atoms with E-state index < -0.39 is 0 Å². The second kappa shape index (κ2) is 6.38. The lowest BCUT2D eigenvalue weighted by atomic mass is 10.1. The van der Waals surface area contributed by atoms with E-state index in [2.05, 4.69) is 6.92 Å². The zero-order valence-electron chi connectivity index (χ0n) is 7.58. The maximum atomic E-state index is 9.37. The van der Waals surface area contributed by atoms with Gasteiger partial charge in [-0.25, -0.2) is 0 Å². The highest BCUT2D eigenvalue weighted by atomic mass is 16.5. The summed E-state index contributed by atoms with van der Waals surface area (Å²) >= 11 is 0. The molecule has 0 aromatic carbocycles.